The highest BCUT2D eigenvalue weighted by Gasteiger charge is 2.29. The van der Waals surface area contributed by atoms with Crippen molar-refractivity contribution in [2.24, 2.45) is 0 Å². The topological polar surface area (TPSA) is 231 Å². The first kappa shape index (κ1) is 92.0. The molecule has 0 aliphatic heterocycles. The fourth-order valence-corrected chi connectivity index (χ4v) is 12.1. The van der Waals surface area contributed by atoms with Crippen molar-refractivity contribution in [3.8, 4) is 0 Å². The third-order valence-electron chi connectivity index (χ3n) is 16.4. The van der Waals surface area contributed by atoms with Crippen LogP contribution in [0.2, 0.25) is 0 Å². The molecular weight excluding hydrogens is 1240 g/mol. The Morgan fingerprint density at radius 3 is 0.895 bits per heavy atom. The van der Waals surface area contributed by atoms with E-state index in [1.54, 1.807) is 0 Å². The van der Waals surface area contributed by atoms with Gasteiger partial charge < -0.3 is 34.2 Å². The molecule has 0 aliphatic carbocycles. The minimum Gasteiger partial charge on any atom is -0.463 e. The van der Waals surface area contributed by atoms with Crippen molar-refractivity contribution in [1.82, 2.24) is 0 Å². The van der Waals surface area contributed by atoms with Gasteiger partial charge in [0.15, 0.2) is 6.10 Å². The maximum absolute atomic E-state index is 12.9. The van der Waals surface area contributed by atoms with Crippen molar-refractivity contribution in [2.75, 3.05) is 39.6 Å². The molecule has 0 saturated carbocycles. The van der Waals surface area contributed by atoms with Crippen LogP contribution in [0.3, 0.4) is 0 Å². The number of aliphatic hydroxyl groups excluding tert-OH is 2. The zero-order valence-electron chi connectivity index (χ0n) is 60.3. The van der Waals surface area contributed by atoms with Crippen molar-refractivity contribution in [3.63, 3.8) is 0 Å². The van der Waals surface area contributed by atoms with E-state index in [0.717, 1.165) is 116 Å². The molecule has 0 spiro atoms. The fraction of sp³-hybridized carbons (Fsp3) is 0.805. The van der Waals surface area contributed by atoms with Gasteiger partial charge in [-0.05, 0) is 89.9 Å². The van der Waals surface area contributed by atoms with Crippen molar-refractivity contribution in [1.29, 1.82) is 0 Å². The molecule has 0 aromatic heterocycles. The number of phosphoric ester groups is 2. The SMILES string of the molecule is CCC/C=C\C/C=C\CCCCCCCC(=O)OCC(COP(=O)(O)OCC(O)COP(=O)(O)OCC(O)COC(=O)CCCCCCCCCCCCCCCCCCC/C=C\C/C=C\C/C=C\C/C=C\CCCCC)OC(=O)CCCCCCCCCCCCCCC. The standard InChI is InChI=1S/C77H140O16P2/c1-4-7-10-13-16-19-22-25-26-27-28-29-30-31-32-33-34-35-36-37-38-39-40-41-42-43-44-47-49-51-54-57-60-63-75(80)87-66-72(78)67-89-94(83,84)90-68-73(79)69-91-95(85,86)92-71-74(93-77(82)65-62-59-56-53-50-46-24-21-18-15-12-9-6-3)70-88-76(81)64-61-58-55-52-48-45-23-20-17-14-11-8-5-2/h11,14,16,19-20,23,25-26,28-29,31-32,72-74,78-79H,4-10,12-13,15,17-18,21-22,24,27,30,33-71H2,1-3H3,(H,83,84)(H,85,86)/b14-11-,19-16-,23-20-,26-25-,29-28-,32-31-. The summed E-state index contributed by atoms with van der Waals surface area (Å²) >= 11 is 0. The Kier molecular flexibility index (Phi) is 68.6. The van der Waals surface area contributed by atoms with Crippen molar-refractivity contribution in [2.45, 2.75) is 360 Å². The molecule has 0 aromatic rings. The number of unbranched alkanes of at least 4 members (excludes halogenated alkanes) is 38. The molecule has 5 atom stereocenters. The molecule has 0 heterocycles. The average Bonchev–Trinajstić information content (AvgIpc) is 2.21. The number of aliphatic hydroxyl groups is 2. The predicted molar refractivity (Wildman–Crippen MR) is 390 cm³/mol. The van der Waals surface area contributed by atoms with Crippen LogP contribution < -0.4 is 0 Å². The number of esters is 3. The van der Waals surface area contributed by atoms with E-state index in [9.17, 15) is 43.5 Å². The molecule has 0 bridgehead atoms. The van der Waals surface area contributed by atoms with E-state index >= 15 is 0 Å². The first-order chi connectivity index (χ1) is 46.2. The van der Waals surface area contributed by atoms with Crippen LogP contribution in [0.5, 0.6) is 0 Å². The first-order valence-electron chi connectivity index (χ1n) is 38.2. The van der Waals surface area contributed by atoms with E-state index in [4.69, 9.17) is 32.3 Å². The van der Waals surface area contributed by atoms with Crippen LogP contribution >= 0.6 is 15.6 Å². The summed E-state index contributed by atoms with van der Waals surface area (Å²) in [7, 11) is -9.77. The molecule has 0 radical (unpaired) electrons. The molecule has 554 valence electrons. The summed E-state index contributed by atoms with van der Waals surface area (Å²) in [4.78, 5) is 58.4. The lowest BCUT2D eigenvalue weighted by Crippen LogP contribution is -2.30. The number of allylic oxidation sites excluding steroid dienone is 12. The summed E-state index contributed by atoms with van der Waals surface area (Å²) in [6.07, 6.45) is 77.0. The molecule has 0 saturated heterocycles. The first-order valence-corrected chi connectivity index (χ1v) is 41.2. The van der Waals surface area contributed by atoms with Crippen LogP contribution in [-0.2, 0) is 55.8 Å². The zero-order valence-corrected chi connectivity index (χ0v) is 62.1. The molecule has 0 fully saturated rings. The van der Waals surface area contributed by atoms with E-state index in [-0.39, 0.29) is 19.3 Å². The summed E-state index contributed by atoms with van der Waals surface area (Å²) in [6.45, 7) is 2.60. The highest BCUT2D eigenvalue weighted by Crippen LogP contribution is 2.45. The van der Waals surface area contributed by atoms with E-state index < -0.39 is 91.5 Å². The number of ether oxygens (including phenoxy) is 3. The van der Waals surface area contributed by atoms with Gasteiger partial charge in [-0.25, -0.2) is 9.13 Å². The molecule has 4 N–H and O–H groups in total. The van der Waals surface area contributed by atoms with Crippen LogP contribution in [0.15, 0.2) is 72.9 Å². The van der Waals surface area contributed by atoms with E-state index in [2.05, 4.69) is 93.7 Å². The van der Waals surface area contributed by atoms with Gasteiger partial charge in [0.2, 0.25) is 0 Å². The number of carbonyl (C=O) groups is 3. The number of hydrogen-bond acceptors (Lipinski definition) is 14. The molecule has 0 rings (SSSR count). The Bertz CT molecular complexity index is 2020. The largest absolute Gasteiger partial charge is 0.472 e. The average molecular weight is 1380 g/mol. The number of hydrogen-bond donors (Lipinski definition) is 4. The Morgan fingerprint density at radius 1 is 0.295 bits per heavy atom. The van der Waals surface area contributed by atoms with Gasteiger partial charge in [-0.3, -0.25) is 32.5 Å². The smallest absolute Gasteiger partial charge is 0.463 e. The molecule has 5 unspecified atom stereocenters. The lowest BCUT2D eigenvalue weighted by Gasteiger charge is -2.21. The molecule has 16 nitrogen and oxygen atoms in total. The maximum atomic E-state index is 12.9. The Morgan fingerprint density at radius 2 is 0.547 bits per heavy atom. The van der Waals surface area contributed by atoms with Crippen molar-refractivity contribution >= 4 is 33.6 Å². The van der Waals surface area contributed by atoms with Crippen LogP contribution in [0.4, 0.5) is 0 Å². The quantitative estimate of drug-likeness (QED) is 0.0146. The van der Waals surface area contributed by atoms with Crippen LogP contribution in [0, 0.1) is 0 Å². The van der Waals surface area contributed by atoms with E-state index in [1.165, 1.54) is 167 Å². The second kappa shape index (κ2) is 70.8. The fourth-order valence-electron chi connectivity index (χ4n) is 10.5. The second-order valence-electron chi connectivity index (χ2n) is 25.8. The predicted octanol–water partition coefficient (Wildman–Crippen LogP) is 21.9. The van der Waals surface area contributed by atoms with E-state index in [1.807, 2.05) is 0 Å². The van der Waals surface area contributed by atoms with Crippen molar-refractivity contribution in [3.05, 3.63) is 72.9 Å². The van der Waals surface area contributed by atoms with Gasteiger partial charge >= 0.3 is 33.6 Å². The van der Waals surface area contributed by atoms with E-state index in [0.29, 0.717) is 19.3 Å². The second-order valence-corrected chi connectivity index (χ2v) is 28.7. The highest BCUT2D eigenvalue weighted by molar-refractivity contribution is 7.47. The zero-order chi connectivity index (χ0) is 69.5. The third-order valence-corrected chi connectivity index (χ3v) is 18.3. The van der Waals surface area contributed by atoms with Gasteiger partial charge in [0.05, 0.1) is 26.4 Å². The lowest BCUT2D eigenvalue weighted by atomic mass is 10.0. The van der Waals surface area contributed by atoms with Gasteiger partial charge in [0.1, 0.15) is 25.4 Å². The van der Waals surface area contributed by atoms with Crippen LogP contribution in [0.25, 0.3) is 0 Å². The number of phosphoric acid groups is 2. The third kappa shape index (κ3) is 72.1. The molecule has 18 heteroatoms. The molecule has 0 amide bonds. The lowest BCUT2D eigenvalue weighted by molar-refractivity contribution is -0.161. The summed E-state index contributed by atoms with van der Waals surface area (Å²) in [5.41, 5.74) is 0. The summed E-state index contributed by atoms with van der Waals surface area (Å²) < 4.78 is 60.9. The summed E-state index contributed by atoms with van der Waals surface area (Å²) in [5, 5.41) is 20.6. The summed E-state index contributed by atoms with van der Waals surface area (Å²) in [5.74, 6) is -1.57. The maximum Gasteiger partial charge on any atom is 0.472 e. The number of rotatable bonds is 73. The Hall–Kier alpha value is -3.01. The monoisotopic (exact) mass is 1380 g/mol. The Balaban J connectivity index is 4.31. The Labute approximate surface area is 579 Å². The number of carbonyl (C=O) groups excluding carboxylic acids is 3. The van der Waals surface area contributed by atoms with Crippen LogP contribution in [-0.4, -0.2) is 95.9 Å². The minimum atomic E-state index is -4.92. The molecule has 0 aromatic carbocycles. The minimum absolute atomic E-state index is 0.107. The van der Waals surface area contributed by atoms with Gasteiger partial charge in [0, 0.05) is 19.3 Å². The highest BCUT2D eigenvalue weighted by atomic mass is 31.2. The molecule has 0 aliphatic rings. The van der Waals surface area contributed by atoms with Gasteiger partial charge in [0.25, 0.3) is 0 Å². The normalized spacial score (nSPS) is 14.5. The van der Waals surface area contributed by atoms with Gasteiger partial charge in [-0.1, -0.05) is 306 Å². The van der Waals surface area contributed by atoms with Crippen molar-refractivity contribution < 1.29 is 75.8 Å². The van der Waals surface area contributed by atoms with Gasteiger partial charge in [-0.15, -0.1) is 0 Å². The van der Waals surface area contributed by atoms with Crippen LogP contribution in [0.1, 0.15) is 342 Å². The summed E-state index contributed by atoms with van der Waals surface area (Å²) in [6, 6.07) is 0. The molecule has 95 heavy (non-hydrogen) atoms. The molecular formula is C77H140O16P2. The van der Waals surface area contributed by atoms with Gasteiger partial charge in [-0.2, -0.15) is 0 Å².